The van der Waals surface area contributed by atoms with Crippen molar-refractivity contribution in [1.29, 1.82) is 0 Å². The number of nitrogens with two attached hydrogens (primary N) is 1. The number of carboxylic acids is 1. The summed E-state index contributed by atoms with van der Waals surface area (Å²) in [6.45, 7) is 3.22. The molecular weight excluding hydrogens is 490 g/mol. The Morgan fingerprint density at radius 1 is 1.03 bits per heavy atom. The molecule has 4 aromatic rings. The molecule has 0 bridgehead atoms. The number of esters is 1. The third-order valence-corrected chi connectivity index (χ3v) is 7.87. The molecule has 37 heavy (non-hydrogen) atoms. The first kappa shape index (κ1) is 26.5. The van der Waals surface area contributed by atoms with E-state index in [4.69, 9.17) is 10.5 Å². The highest BCUT2D eigenvalue weighted by Crippen LogP contribution is 2.43. The summed E-state index contributed by atoms with van der Waals surface area (Å²) in [7, 11) is 1.36. The van der Waals surface area contributed by atoms with Crippen LogP contribution in [0.4, 0.5) is 0 Å². The summed E-state index contributed by atoms with van der Waals surface area (Å²) < 4.78 is 4.97. The van der Waals surface area contributed by atoms with E-state index in [2.05, 4.69) is 9.97 Å². The van der Waals surface area contributed by atoms with E-state index >= 15 is 0 Å². The standard InChI is InChI=1S/C28H31N3O5S/c1-15(25-19(13-23(33)36-3)17-9-5-7-11-21(17)30-25)26-24(18-10-6-8-12-22(18)31-26)20(14-37-4)28(29,16(2)32)27(34)35/h5-12,15,20,30-31H,13-14,29H2,1-4H3,(H,34,35)/t15?,20?,28-/m0/s1. The first-order chi connectivity index (χ1) is 17.6. The number of carboxylic acid groups (broad SMARTS) is 1. The Morgan fingerprint density at radius 3 is 2.16 bits per heavy atom. The van der Waals surface area contributed by atoms with E-state index < -0.39 is 23.2 Å². The number of Topliss-reactive ketones (excluding diaryl/α,β-unsaturated/α-hetero) is 1. The summed E-state index contributed by atoms with van der Waals surface area (Å²) in [6.07, 6.45) is 1.94. The number of hydrogen-bond acceptors (Lipinski definition) is 6. The van der Waals surface area contributed by atoms with Gasteiger partial charge in [-0.3, -0.25) is 9.59 Å². The largest absolute Gasteiger partial charge is 0.480 e. The van der Waals surface area contributed by atoms with Crippen molar-refractivity contribution in [2.24, 2.45) is 5.73 Å². The molecule has 2 aromatic carbocycles. The number of rotatable bonds is 10. The Kier molecular flexibility index (Phi) is 7.47. The van der Waals surface area contributed by atoms with Crippen molar-refractivity contribution < 1.29 is 24.2 Å². The lowest BCUT2D eigenvalue weighted by molar-refractivity contribution is -0.148. The second-order valence-electron chi connectivity index (χ2n) is 9.27. The van der Waals surface area contributed by atoms with Crippen molar-refractivity contribution in [1.82, 2.24) is 9.97 Å². The van der Waals surface area contributed by atoms with Crippen LogP contribution < -0.4 is 5.73 Å². The minimum Gasteiger partial charge on any atom is -0.480 e. The molecule has 0 aliphatic carbocycles. The van der Waals surface area contributed by atoms with Gasteiger partial charge in [-0.15, -0.1) is 0 Å². The van der Waals surface area contributed by atoms with Crippen molar-refractivity contribution in [3.8, 4) is 0 Å². The molecule has 8 nitrogen and oxygen atoms in total. The fraction of sp³-hybridized carbons (Fsp3) is 0.321. The van der Waals surface area contributed by atoms with Gasteiger partial charge >= 0.3 is 11.9 Å². The second-order valence-corrected chi connectivity index (χ2v) is 10.2. The lowest BCUT2D eigenvalue weighted by Crippen LogP contribution is -2.59. The summed E-state index contributed by atoms with van der Waals surface area (Å²) in [5.41, 5.74) is 9.07. The number of ether oxygens (including phenoxy) is 1. The smallest absolute Gasteiger partial charge is 0.332 e. The lowest BCUT2D eigenvalue weighted by Gasteiger charge is -2.32. The van der Waals surface area contributed by atoms with Crippen molar-refractivity contribution in [3.05, 3.63) is 71.0 Å². The molecule has 0 aliphatic heterocycles. The Hall–Kier alpha value is -3.56. The lowest BCUT2D eigenvalue weighted by atomic mass is 9.76. The average molecular weight is 522 g/mol. The van der Waals surface area contributed by atoms with Gasteiger partial charge in [-0.1, -0.05) is 43.3 Å². The van der Waals surface area contributed by atoms with Crippen LogP contribution in [0.5, 0.6) is 0 Å². The van der Waals surface area contributed by atoms with Gasteiger partial charge in [0, 0.05) is 50.8 Å². The summed E-state index contributed by atoms with van der Waals surface area (Å²) in [4.78, 5) is 44.5. The molecule has 0 saturated heterocycles. The molecule has 0 aliphatic rings. The van der Waals surface area contributed by atoms with Gasteiger partial charge in [0.1, 0.15) is 0 Å². The highest BCUT2D eigenvalue weighted by Gasteiger charge is 2.49. The minimum absolute atomic E-state index is 0.0768. The number of aromatic nitrogens is 2. The highest BCUT2D eigenvalue weighted by molar-refractivity contribution is 7.98. The fourth-order valence-corrected chi connectivity index (χ4v) is 5.96. The second kappa shape index (κ2) is 10.4. The number of para-hydroxylation sites is 2. The van der Waals surface area contributed by atoms with Gasteiger partial charge in [-0.25, -0.2) is 4.79 Å². The van der Waals surface area contributed by atoms with Crippen LogP contribution in [0.1, 0.15) is 48.2 Å². The molecule has 0 spiro atoms. The molecule has 0 fully saturated rings. The number of carbonyl (C=O) groups is 3. The molecule has 194 valence electrons. The molecule has 2 aromatic heterocycles. The monoisotopic (exact) mass is 521 g/mol. The summed E-state index contributed by atoms with van der Waals surface area (Å²) in [5.74, 6) is -3.13. The predicted octanol–water partition coefficient (Wildman–Crippen LogP) is 4.33. The SMILES string of the molecule is COC(=O)Cc1c(C(C)c2[nH]c3ccccc3c2C(CSC)[C@@](N)(C(C)=O)C(=O)O)[nH]c2ccccc12. The van der Waals surface area contributed by atoms with Crippen LogP contribution in [0.3, 0.4) is 0 Å². The van der Waals surface area contributed by atoms with E-state index in [-0.39, 0.29) is 18.3 Å². The zero-order valence-corrected chi connectivity index (χ0v) is 22.1. The number of nitrogens with one attached hydrogen (secondary N) is 2. The van der Waals surface area contributed by atoms with Crippen LogP contribution in [0.25, 0.3) is 21.8 Å². The molecule has 0 radical (unpaired) electrons. The quantitative estimate of drug-likeness (QED) is 0.180. The average Bonchev–Trinajstić information content (AvgIpc) is 3.45. The van der Waals surface area contributed by atoms with Gasteiger partial charge in [-0.2, -0.15) is 11.8 Å². The Morgan fingerprint density at radius 2 is 1.59 bits per heavy atom. The number of aliphatic carboxylic acids is 1. The number of hydrogen-bond donors (Lipinski definition) is 4. The van der Waals surface area contributed by atoms with Crippen molar-refractivity contribution >= 4 is 51.3 Å². The molecule has 5 N–H and O–H groups in total. The third-order valence-electron chi connectivity index (χ3n) is 7.21. The molecule has 3 atom stereocenters. The van der Waals surface area contributed by atoms with Gasteiger partial charge in [0.05, 0.1) is 13.5 Å². The number of benzene rings is 2. The molecule has 0 saturated carbocycles. The summed E-state index contributed by atoms with van der Waals surface area (Å²) in [6, 6.07) is 15.3. The van der Waals surface area contributed by atoms with E-state index in [1.54, 1.807) is 0 Å². The van der Waals surface area contributed by atoms with Crippen LogP contribution in [0, 0.1) is 0 Å². The molecule has 2 unspecified atom stereocenters. The van der Waals surface area contributed by atoms with Gasteiger partial charge in [0.15, 0.2) is 11.3 Å². The van der Waals surface area contributed by atoms with Crippen LogP contribution in [0.2, 0.25) is 0 Å². The number of thioether (sulfide) groups is 1. The van der Waals surface area contributed by atoms with E-state index in [1.807, 2.05) is 61.7 Å². The van der Waals surface area contributed by atoms with Crippen LogP contribution in [0.15, 0.2) is 48.5 Å². The van der Waals surface area contributed by atoms with E-state index in [0.29, 0.717) is 11.3 Å². The van der Waals surface area contributed by atoms with Crippen molar-refractivity contribution in [3.63, 3.8) is 0 Å². The predicted molar refractivity (Wildman–Crippen MR) is 146 cm³/mol. The third kappa shape index (κ3) is 4.53. The van der Waals surface area contributed by atoms with E-state index in [0.717, 1.165) is 38.8 Å². The molecular formula is C28H31N3O5S. The maximum Gasteiger partial charge on any atom is 0.332 e. The number of carbonyl (C=O) groups excluding carboxylic acids is 2. The van der Waals surface area contributed by atoms with Crippen LogP contribution in [-0.4, -0.2) is 57.5 Å². The van der Waals surface area contributed by atoms with E-state index in [9.17, 15) is 19.5 Å². The number of methoxy groups -OCH3 is 1. The maximum atomic E-state index is 12.7. The normalized spacial score (nSPS) is 14.8. The zero-order valence-electron chi connectivity index (χ0n) is 21.3. The van der Waals surface area contributed by atoms with Gasteiger partial charge < -0.3 is 25.5 Å². The first-order valence-corrected chi connectivity index (χ1v) is 13.3. The van der Waals surface area contributed by atoms with Crippen LogP contribution in [-0.2, 0) is 25.5 Å². The Labute approximate surface area is 219 Å². The van der Waals surface area contributed by atoms with Gasteiger partial charge in [0.25, 0.3) is 0 Å². The van der Waals surface area contributed by atoms with Crippen molar-refractivity contribution in [2.75, 3.05) is 19.1 Å². The number of fused-ring (bicyclic) bond motifs is 2. The maximum absolute atomic E-state index is 12.7. The van der Waals surface area contributed by atoms with Gasteiger partial charge in [-0.05, 0) is 36.4 Å². The number of aromatic amines is 2. The number of ketones is 1. The molecule has 9 heteroatoms. The van der Waals surface area contributed by atoms with Gasteiger partial charge in [0.2, 0.25) is 0 Å². The summed E-state index contributed by atoms with van der Waals surface area (Å²) >= 11 is 1.43. The number of H-pyrrole nitrogens is 2. The summed E-state index contributed by atoms with van der Waals surface area (Å²) in [5, 5.41) is 11.9. The van der Waals surface area contributed by atoms with Crippen molar-refractivity contribution in [2.45, 2.75) is 37.6 Å². The molecule has 4 rings (SSSR count). The molecule has 2 heterocycles. The first-order valence-electron chi connectivity index (χ1n) is 11.9. The highest BCUT2D eigenvalue weighted by atomic mass is 32.2. The van der Waals surface area contributed by atoms with E-state index in [1.165, 1.54) is 25.8 Å². The Balaban J connectivity index is 2.00. The van der Waals surface area contributed by atoms with Crippen LogP contribution >= 0.6 is 11.8 Å². The Bertz CT molecular complexity index is 1470. The zero-order chi connectivity index (χ0) is 26.9. The minimum atomic E-state index is -2.11. The molecule has 0 amide bonds. The topological polar surface area (TPSA) is 138 Å². The fourth-order valence-electron chi connectivity index (χ4n) is 5.20.